The van der Waals surface area contributed by atoms with Gasteiger partial charge in [-0.15, -0.1) is 0 Å². The third-order valence-corrected chi connectivity index (χ3v) is 3.69. The molecule has 0 heterocycles. The molecule has 3 nitrogen and oxygen atoms in total. The summed E-state index contributed by atoms with van der Waals surface area (Å²) in [4.78, 5) is 4.11. The van der Waals surface area contributed by atoms with Crippen LogP contribution in [0, 0.1) is 18.6 Å². The van der Waals surface area contributed by atoms with Gasteiger partial charge >= 0.3 is 0 Å². The molecule has 122 valence electrons. The van der Waals surface area contributed by atoms with Crippen LogP contribution in [0.4, 0.5) is 20.2 Å². The van der Waals surface area contributed by atoms with Gasteiger partial charge in [-0.25, -0.2) is 8.78 Å². The third kappa shape index (κ3) is 3.20. The smallest absolute Gasteiger partial charge is 0.200 e. The van der Waals surface area contributed by atoms with E-state index in [1.807, 2.05) is 31.2 Å². The second-order valence-electron chi connectivity index (χ2n) is 5.45. The molecule has 3 aromatic rings. The number of anilines is 2. The van der Waals surface area contributed by atoms with Crippen LogP contribution in [0.25, 0.3) is 10.8 Å². The van der Waals surface area contributed by atoms with E-state index in [9.17, 15) is 8.78 Å². The van der Waals surface area contributed by atoms with E-state index in [-0.39, 0.29) is 5.69 Å². The minimum absolute atomic E-state index is 0.188. The summed E-state index contributed by atoms with van der Waals surface area (Å²) in [5, 5.41) is 6.85. The van der Waals surface area contributed by atoms with E-state index in [1.165, 1.54) is 0 Å². The van der Waals surface area contributed by atoms with E-state index < -0.39 is 11.6 Å². The van der Waals surface area contributed by atoms with Gasteiger partial charge in [0.1, 0.15) is 11.6 Å². The normalized spacial score (nSPS) is 11.6. The van der Waals surface area contributed by atoms with Gasteiger partial charge in [-0.3, -0.25) is 4.99 Å². The van der Waals surface area contributed by atoms with Crippen molar-refractivity contribution < 1.29 is 8.78 Å². The van der Waals surface area contributed by atoms with E-state index in [0.29, 0.717) is 16.7 Å². The maximum absolute atomic E-state index is 14.3. The zero-order valence-electron chi connectivity index (χ0n) is 13.4. The maximum atomic E-state index is 14.3. The van der Waals surface area contributed by atoms with Crippen LogP contribution in [0.2, 0.25) is 0 Å². The lowest BCUT2D eigenvalue weighted by Gasteiger charge is -2.15. The third-order valence-electron chi connectivity index (χ3n) is 3.69. The molecule has 0 spiro atoms. The average molecular weight is 325 g/mol. The van der Waals surface area contributed by atoms with E-state index in [0.717, 1.165) is 17.3 Å². The van der Waals surface area contributed by atoms with Gasteiger partial charge in [-0.05, 0) is 24.6 Å². The Bertz CT molecular complexity index is 920. The number of guanidine groups is 1. The molecule has 0 bridgehead atoms. The fraction of sp³-hybridized carbons (Fsp3) is 0.105. The van der Waals surface area contributed by atoms with Gasteiger partial charge in [0.05, 0.1) is 5.69 Å². The topological polar surface area (TPSA) is 36.4 Å². The molecule has 0 saturated carbocycles. The van der Waals surface area contributed by atoms with Crippen LogP contribution >= 0.6 is 0 Å². The van der Waals surface area contributed by atoms with Crippen molar-refractivity contribution in [3.8, 4) is 0 Å². The molecule has 0 unspecified atom stereocenters. The van der Waals surface area contributed by atoms with E-state index in [2.05, 4.69) is 15.6 Å². The van der Waals surface area contributed by atoms with Gasteiger partial charge in [-0.1, -0.05) is 36.4 Å². The highest BCUT2D eigenvalue weighted by molar-refractivity contribution is 6.08. The standard InChI is InChI=1S/C19H17F2N3/c1-12-6-5-7-13(10-12)23-19(22-2)24-18-15-9-4-3-8-14(15)16(20)11-17(18)21/h3-11H,1-2H3,(H2,22,23,24). The summed E-state index contributed by atoms with van der Waals surface area (Å²) in [6, 6.07) is 15.4. The minimum atomic E-state index is -0.668. The monoisotopic (exact) mass is 325 g/mol. The van der Waals surface area contributed by atoms with Crippen LogP contribution in [0.3, 0.4) is 0 Å². The summed E-state index contributed by atoms with van der Waals surface area (Å²) in [6.07, 6.45) is 0. The largest absolute Gasteiger partial charge is 0.326 e. The molecule has 3 aromatic carbocycles. The lowest BCUT2D eigenvalue weighted by Crippen LogP contribution is -2.22. The molecule has 0 amide bonds. The SMILES string of the molecule is CN=C(Nc1cccc(C)c1)Nc1c(F)cc(F)c2ccccc12. The highest BCUT2D eigenvalue weighted by Gasteiger charge is 2.13. The molecule has 24 heavy (non-hydrogen) atoms. The molecule has 0 atom stereocenters. The highest BCUT2D eigenvalue weighted by Crippen LogP contribution is 2.29. The number of benzene rings is 3. The molecular weight excluding hydrogens is 308 g/mol. The van der Waals surface area contributed by atoms with Gasteiger partial charge < -0.3 is 10.6 Å². The quantitative estimate of drug-likeness (QED) is 0.517. The van der Waals surface area contributed by atoms with Crippen molar-refractivity contribution in [1.29, 1.82) is 0 Å². The summed E-state index contributed by atoms with van der Waals surface area (Å²) in [6.45, 7) is 1.98. The first-order valence-corrected chi connectivity index (χ1v) is 7.52. The van der Waals surface area contributed by atoms with Crippen molar-refractivity contribution >= 4 is 28.1 Å². The van der Waals surface area contributed by atoms with E-state index >= 15 is 0 Å². The predicted molar refractivity (Wildman–Crippen MR) is 95.6 cm³/mol. The van der Waals surface area contributed by atoms with E-state index in [4.69, 9.17) is 0 Å². The number of fused-ring (bicyclic) bond motifs is 1. The Balaban J connectivity index is 1.96. The van der Waals surface area contributed by atoms with Crippen LogP contribution in [-0.4, -0.2) is 13.0 Å². The number of halogens is 2. The molecule has 5 heteroatoms. The second-order valence-corrected chi connectivity index (χ2v) is 5.45. The van der Waals surface area contributed by atoms with Gasteiger partial charge in [0.2, 0.25) is 0 Å². The Hall–Kier alpha value is -2.95. The lowest BCUT2D eigenvalue weighted by molar-refractivity contribution is 0.595. The molecule has 0 aromatic heterocycles. The Labute approximate surface area is 139 Å². The van der Waals surface area contributed by atoms with Crippen LogP contribution in [-0.2, 0) is 0 Å². The van der Waals surface area contributed by atoms with E-state index in [1.54, 1.807) is 31.3 Å². The van der Waals surface area contributed by atoms with Crippen molar-refractivity contribution in [1.82, 2.24) is 0 Å². The summed E-state index contributed by atoms with van der Waals surface area (Å²) in [7, 11) is 1.59. The molecule has 2 N–H and O–H groups in total. The van der Waals surface area contributed by atoms with Crippen molar-refractivity contribution in [3.05, 3.63) is 71.8 Å². The molecule has 0 aliphatic rings. The number of nitrogens with one attached hydrogen (secondary N) is 2. The second kappa shape index (κ2) is 6.66. The molecule has 0 aliphatic heterocycles. The van der Waals surface area contributed by atoms with Crippen molar-refractivity contribution in [2.75, 3.05) is 17.7 Å². The van der Waals surface area contributed by atoms with Crippen molar-refractivity contribution in [3.63, 3.8) is 0 Å². The predicted octanol–water partition coefficient (Wildman–Crippen LogP) is 4.94. The maximum Gasteiger partial charge on any atom is 0.200 e. The van der Waals surface area contributed by atoms with Crippen LogP contribution in [0.5, 0.6) is 0 Å². The van der Waals surface area contributed by atoms with Gasteiger partial charge in [0.25, 0.3) is 0 Å². The Morgan fingerprint density at radius 3 is 2.33 bits per heavy atom. The zero-order chi connectivity index (χ0) is 17.1. The number of hydrogen-bond acceptors (Lipinski definition) is 1. The minimum Gasteiger partial charge on any atom is -0.326 e. The number of rotatable bonds is 2. The molecule has 0 fully saturated rings. The zero-order valence-corrected chi connectivity index (χ0v) is 13.4. The van der Waals surface area contributed by atoms with Crippen LogP contribution in [0.15, 0.2) is 59.6 Å². The van der Waals surface area contributed by atoms with Crippen LogP contribution in [0.1, 0.15) is 5.56 Å². The fourth-order valence-electron chi connectivity index (χ4n) is 2.55. The Kier molecular flexibility index (Phi) is 4.42. The summed E-state index contributed by atoms with van der Waals surface area (Å²) < 4.78 is 28.2. The Morgan fingerprint density at radius 1 is 0.875 bits per heavy atom. The highest BCUT2D eigenvalue weighted by atomic mass is 19.1. The van der Waals surface area contributed by atoms with Gasteiger partial charge in [0.15, 0.2) is 5.96 Å². The molecule has 3 rings (SSSR count). The number of nitrogens with zero attached hydrogens (tertiary/aromatic N) is 1. The first-order valence-electron chi connectivity index (χ1n) is 7.52. The molecule has 0 saturated heterocycles. The fourth-order valence-corrected chi connectivity index (χ4v) is 2.55. The summed E-state index contributed by atoms with van der Waals surface area (Å²) in [5.41, 5.74) is 2.11. The first kappa shape index (κ1) is 15.9. The Morgan fingerprint density at radius 2 is 1.62 bits per heavy atom. The summed E-state index contributed by atoms with van der Waals surface area (Å²) in [5.74, 6) is -0.884. The molecule has 0 radical (unpaired) electrons. The first-order chi connectivity index (χ1) is 11.6. The average Bonchev–Trinajstić information content (AvgIpc) is 2.57. The summed E-state index contributed by atoms with van der Waals surface area (Å²) >= 11 is 0. The number of aliphatic imine (C=N–C) groups is 1. The molecule has 0 aliphatic carbocycles. The number of hydrogen-bond donors (Lipinski definition) is 2. The lowest BCUT2D eigenvalue weighted by atomic mass is 10.1. The van der Waals surface area contributed by atoms with Gasteiger partial charge in [0, 0.05) is 29.6 Å². The van der Waals surface area contributed by atoms with Crippen molar-refractivity contribution in [2.24, 2.45) is 4.99 Å². The van der Waals surface area contributed by atoms with Crippen molar-refractivity contribution in [2.45, 2.75) is 6.92 Å². The van der Waals surface area contributed by atoms with Crippen LogP contribution < -0.4 is 10.6 Å². The number of aryl methyl sites for hydroxylation is 1. The van der Waals surface area contributed by atoms with Gasteiger partial charge in [-0.2, -0.15) is 0 Å². The molecular formula is C19H17F2N3.